The topological polar surface area (TPSA) is 50.2 Å². The Morgan fingerprint density at radius 1 is 1.26 bits per heavy atom. The van der Waals surface area contributed by atoms with E-state index in [1.807, 2.05) is 16.5 Å². The zero-order chi connectivity index (χ0) is 19.4. The molecule has 1 saturated heterocycles. The predicted octanol–water partition coefficient (Wildman–Crippen LogP) is 4.49. The predicted molar refractivity (Wildman–Crippen MR) is 104 cm³/mol. The number of carbonyl (C=O) groups is 1. The molecule has 1 N–H and O–H groups in total. The molecule has 6 heteroatoms. The smallest absolute Gasteiger partial charge is 0.318 e. The Kier molecular flexibility index (Phi) is 6.14. The van der Waals surface area contributed by atoms with Gasteiger partial charge in [0.25, 0.3) is 0 Å². The van der Waals surface area contributed by atoms with E-state index in [0.29, 0.717) is 6.54 Å². The van der Waals surface area contributed by atoms with Gasteiger partial charge in [-0.25, -0.2) is 9.18 Å². The lowest BCUT2D eigenvalue weighted by Crippen LogP contribution is -2.44. The minimum absolute atomic E-state index is 0.00404. The number of nitrogens with one attached hydrogen (secondary N) is 1. The van der Waals surface area contributed by atoms with Crippen molar-refractivity contribution in [2.24, 2.45) is 0 Å². The number of urea groups is 1. The van der Waals surface area contributed by atoms with Crippen LogP contribution in [0.15, 0.2) is 24.3 Å². The standard InChI is InChI=1S/C21H29FN4O/c1-4-12-26-16(3)19(15(2)24-26)14-23-21(27)25-13-6-5-7-20(25)17-8-10-18(22)11-9-17/h8-11,20H,4-7,12-14H2,1-3H3,(H,23,27). The maximum Gasteiger partial charge on any atom is 0.318 e. The van der Waals surface area contributed by atoms with Gasteiger partial charge in [0.05, 0.1) is 11.7 Å². The van der Waals surface area contributed by atoms with Crippen LogP contribution < -0.4 is 5.32 Å². The third-order valence-corrected chi connectivity index (χ3v) is 5.40. The van der Waals surface area contributed by atoms with Crippen LogP contribution in [0.1, 0.15) is 61.2 Å². The highest BCUT2D eigenvalue weighted by atomic mass is 19.1. The molecular weight excluding hydrogens is 343 g/mol. The van der Waals surface area contributed by atoms with E-state index in [1.54, 1.807) is 12.1 Å². The SMILES string of the molecule is CCCn1nc(C)c(CNC(=O)N2CCCCC2c2ccc(F)cc2)c1C. The molecule has 1 atom stereocenters. The van der Waals surface area contributed by atoms with Gasteiger partial charge in [0, 0.05) is 30.9 Å². The summed E-state index contributed by atoms with van der Waals surface area (Å²) in [5, 5.41) is 7.65. The maximum absolute atomic E-state index is 13.2. The van der Waals surface area contributed by atoms with Crippen LogP contribution in [-0.4, -0.2) is 27.3 Å². The Balaban J connectivity index is 1.70. The molecule has 0 radical (unpaired) electrons. The highest BCUT2D eigenvalue weighted by Crippen LogP contribution is 2.31. The number of amides is 2. The van der Waals surface area contributed by atoms with Crippen molar-refractivity contribution in [2.45, 2.75) is 65.6 Å². The molecule has 2 aromatic rings. The summed E-state index contributed by atoms with van der Waals surface area (Å²) >= 11 is 0. The van der Waals surface area contributed by atoms with Gasteiger partial charge in [-0.15, -0.1) is 0 Å². The molecule has 0 saturated carbocycles. The number of halogens is 1. The molecule has 2 heterocycles. The van der Waals surface area contributed by atoms with E-state index >= 15 is 0 Å². The van der Waals surface area contributed by atoms with E-state index in [-0.39, 0.29) is 17.9 Å². The third kappa shape index (κ3) is 4.31. The summed E-state index contributed by atoms with van der Waals surface area (Å²) in [4.78, 5) is 14.8. The molecule has 1 unspecified atom stereocenters. The van der Waals surface area contributed by atoms with Crippen LogP contribution in [-0.2, 0) is 13.1 Å². The zero-order valence-corrected chi connectivity index (χ0v) is 16.5. The van der Waals surface area contributed by atoms with Crippen molar-refractivity contribution in [3.05, 3.63) is 52.6 Å². The first-order valence-electron chi connectivity index (χ1n) is 9.84. The summed E-state index contributed by atoms with van der Waals surface area (Å²) in [6.07, 6.45) is 4.01. The summed E-state index contributed by atoms with van der Waals surface area (Å²) in [5.74, 6) is -0.249. The van der Waals surface area contributed by atoms with E-state index in [4.69, 9.17) is 0 Å². The minimum Gasteiger partial charge on any atom is -0.334 e. The van der Waals surface area contributed by atoms with Gasteiger partial charge in [0.1, 0.15) is 5.82 Å². The fraction of sp³-hybridized carbons (Fsp3) is 0.524. The van der Waals surface area contributed by atoms with Crippen LogP contribution in [0.5, 0.6) is 0 Å². The second-order valence-corrected chi connectivity index (χ2v) is 7.29. The van der Waals surface area contributed by atoms with Crippen LogP contribution >= 0.6 is 0 Å². The monoisotopic (exact) mass is 372 g/mol. The Hall–Kier alpha value is -2.37. The van der Waals surface area contributed by atoms with Gasteiger partial charge in [-0.05, 0) is 57.2 Å². The van der Waals surface area contributed by atoms with Crippen LogP contribution in [0.4, 0.5) is 9.18 Å². The molecule has 5 nitrogen and oxygen atoms in total. The van der Waals surface area contributed by atoms with Crippen LogP contribution in [0.2, 0.25) is 0 Å². The number of aryl methyl sites for hydroxylation is 2. The molecule has 2 amide bonds. The number of hydrogen-bond donors (Lipinski definition) is 1. The maximum atomic E-state index is 13.2. The molecule has 1 aliphatic heterocycles. The number of hydrogen-bond acceptors (Lipinski definition) is 2. The summed E-state index contributed by atoms with van der Waals surface area (Å²) in [6, 6.07) is 6.45. The lowest BCUT2D eigenvalue weighted by atomic mass is 9.95. The van der Waals surface area contributed by atoms with E-state index in [0.717, 1.165) is 61.3 Å². The first-order valence-corrected chi connectivity index (χ1v) is 9.84. The van der Waals surface area contributed by atoms with Gasteiger partial charge in [-0.3, -0.25) is 4.68 Å². The summed E-state index contributed by atoms with van der Waals surface area (Å²) in [7, 11) is 0. The Morgan fingerprint density at radius 3 is 2.70 bits per heavy atom. The van der Waals surface area contributed by atoms with Crippen molar-refractivity contribution in [1.82, 2.24) is 20.0 Å². The summed E-state index contributed by atoms with van der Waals surface area (Å²) in [6.45, 7) is 8.26. The molecule has 1 aromatic carbocycles. The number of benzene rings is 1. The number of piperidine rings is 1. The van der Waals surface area contributed by atoms with Gasteiger partial charge >= 0.3 is 6.03 Å². The Bertz CT molecular complexity index is 784. The van der Waals surface area contributed by atoms with E-state index in [9.17, 15) is 9.18 Å². The van der Waals surface area contributed by atoms with Gasteiger partial charge in [-0.2, -0.15) is 5.10 Å². The van der Waals surface area contributed by atoms with Gasteiger partial charge in [-0.1, -0.05) is 19.1 Å². The first-order chi connectivity index (χ1) is 13.0. The van der Waals surface area contributed by atoms with E-state index < -0.39 is 0 Å². The quantitative estimate of drug-likeness (QED) is 0.841. The number of nitrogens with zero attached hydrogens (tertiary/aromatic N) is 3. The largest absolute Gasteiger partial charge is 0.334 e. The van der Waals surface area contributed by atoms with Crippen molar-refractivity contribution >= 4 is 6.03 Å². The third-order valence-electron chi connectivity index (χ3n) is 5.40. The van der Waals surface area contributed by atoms with Crippen molar-refractivity contribution in [2.75, 3.05) is 6.54 Å². The van der Waals surface area contributed by atoms with Crippen LogP contribution in [0, 0.1) is 19.7 Å². The number of likely N-dealkylation sites (tertiary alicyclic amines) is 1. The van der Waals surface area contributed by atoms with Gasteiger partial charge < -0.3 is 10.2 Å². The molecule has 1 aliphatic rings. The molecule has 3 rings (SSSR count). The van der Waals surface area contributed by atoms with E-state index in [2.05, 4.69) is 24.3 Å². The fourth-order valence-corrected chi connectivity index (χ4v) is 3.89. The zero-order valence-electron chi connectivity index (χ0n) is 16.5. The highest BCUT2D eigenvalue weighted by Gasteiger charge is 2.28. The van der Waals surface area contributed by atoms with Crippen molar-refractivity contribution in [3.8, 4) is 0 Å². The van der Waals surface area contributed by atoms with Crippen molar-refractivity contribution in [1.29, 1.82) is 0 Å². The molecule has 0 aliphatic carbocycles. The van der Waals surface area contributed by atoms with Crippen molar-refractivity contribution < 1.29 is 9.18 Å². The molecule has 27 heavy (non-hydrogen) atoms. The normalized spacial score (nSPS) is 17.2. The average molecular weight is 372 g/mol. The molecule has 0 spiro atoms. The first kappa shape index (κ1) is 19.4. The number of rotatable bonds is 5. The Morgan fingerprint density at radius 2 is 2.00 bits per heavy atom. The fourth-order valence-electron chi connectivity index (χ4n) is 3.89. The molecular formula is C21H29FN4O. The molecule has 146 valence electrons. The van der Waals surface area contributed by atoms with Crippen molar-refractivity contribution in [3.63, 3.8) is 0 Å². The number of carbonyl (C=O) groups excluding carboxylic acids is 1. The Labute approximate surface area is 160 Å². The van der Waals surface area contributed by atoms with Crippen LogP contribution in [0.25, 0.3) is 0 Å². The molecule has 0 bridgehead atoms. The highest BCUT2D eigenvalue weighted by molar-refractivity contribution is 5.75. The minimum atomic E-state index is -0.249. The second kappa shape index (κ2) is 8.55. The molecule has 1 fully saturated rings. The van der Waals surface area contributed by atoms with Gasteiger partial charge in [0.15, 0.2) is 0 Å². The lowest BCUT2D eigenvalue weighted by Gasteiger charge is -2.36. The summed E-state index contributed by atoms with van der Waals surface area (Å²) < 4.78 is 15.3. The van der Waals surface area contributed by atoms with Crippen LogP contribution in [0.3, 0.4) is 0 Å². The lowest BCUT2D eigenvalue weighted by molar-refractivity contribution is 0.151. The summed E-state index contributed by atoms with van der Waals surface area (Å²) in [5.41, 5.74) is 4.17. The average Bonchev–Trinajstić information content (AvgIpc) is 2.94. The molecule has 1 aromatic heterocycles. The van der Waals surface area contributed by atoms with Gasteiger partial charge in [0.2, 0.25) is 0 Å². The van der Waals surface area contributed by atoms with E-state index in [1.165, 1.54) is 12.1 Å². The second-order valence-electron chi connectivity index (χ2n) is 7.29. The number of aromatic nitrogens is 2.